The summed E-state index contributed by atoms with van der Waals surface area (Å²) in [5.74, 6) is -0.356. The number of hydrogen-bond acceptors (Lipinski definition) is 1. The highest BCUT2D eigenvalue weighted by Crippen LogP contribution is 2.39. The standard InChI is InChI=1S/C9H12FOP/c1-3-12(2,11)9-7-5-4-6-8(9)10/h4-7H,3H2,1-2H3. The Morgan fingerprint density at radius 2 is 2.00 bits per heavy atom. The molecule has 0 aliphatic heterocycles. The van der Waals surface area contributed by atoms with Gasteiger partial charge in [-0.25, -0.2) is 4.39 Å². The Labute approximate surface area is 72.0 Å². The monoisotopic (exact) mass is 186 g/mol. The predicted molar refractivity (Wildman–Crippen MR) is 50.1 cm³/mol. The van der Waals surface area contributed by atoms with Crippen LogP contribution in [0, 0.1) is 5.82 Å². The molecule has 1 atom stereocenters. The Morgan fingerprint density at radius 1 is 1.42 bits per heavy atom. The van der Waals surface area contributed by atoms with Crippen LogP contribution in [0.15, 0.2) is 24.3 Å². The SMILES string of the molecule is CCP(C)(=O)c1ccccc1F. The molecule has 0 saturated carbocycles. The van der Waals surface area contributed by atoms with Crippen LogP contribution in [0.2, 0.25) is 0 Å². The van der Waals surface area contributed by atoms with Gasteiger partial charge in [-0.2, -0.15) is 0 Å². The van der Waals surface area contributed by atoms with Crippen molar-refractivity contribution in [2.75, 3.05) is 12.8 Å². The first kappa shape index (κ1) is 9.47. The largest absolute Gasteiger partial charge is 0.319 e. The Kier molecular flexibility index (Phi) is 2.69. The van der Waals surface area contributed by atoms with Gasteiger partial charge in [-0.05, 0) is 18.8 Å². The van der Waals surface area contributed by atoms with Crippen LogP contribution in [-0.2, 0) is 4.57 Å². The van der Waals surface area contributed by atoms with E-state index in [-0.39, 0.29) is 5.82 Å². The average Bonchev–Trinajstić information content (AvgIpc) is 2.05. The van der Waals surface area contributed by atoms with Crippen LogP contribution in [0.1, 0.15) is 6.92 Å². The smallest absolute Gasteiger partial charge is 0.133 e. The van der Waals surface area contributed by atoms with Gasteiger partial charge in [0.2, 0.25) is 0 Å². The maximum atomic E-state index is 13.1. The summed E-state index contributed by atoms with van der Waals surface area (Å²) in [5.41, 5.74) is 0. The summed E-state index contributed by atoms with van der Waals surface area (Å²) in [6.07, 6.45) is 0.508. The third-order valence-electron chi connectivity index (χ3n) is 1.97. The molecule has 0 spiro atoms. The molecule has 0 fully saturated rings. The number of hydrogen-bond donors (Lipinski definition) is 0. The Hall–Kier alpha value is -0.620. The molecule has 1 aromatic rings. The molecule has 0 radical (unpaired) electrons. The van der Waals surface area contributed by atoms with Crippen LogP contribution in [0.3, 0.4) is 0 Å². The number of rotatable bonds is 2. The van der Waals surface area contributed by atoms with Gasteiger partial charge < -0.3 is 4.57 Å². The summed E-state index contributed by atoms with van der Waals surface area (Å²) in [4.78, 5) is 0. The predicted octanol–water partition coefficient (Wildman–Crippen LogP) is 2.46. The fourth-order valence-corrected chi connectivity index (χ4v) is 2.27. The van der Waals surface area contributed by atoms with E-state index in [1.54, 1.807) is 24.9 Å². The summed E-state index contributed by atoms with van der Waals surface area (Å²) in [7, 11) is -2.44. The second-order valence-electron chi connectivity index (χ2n) is 2.87. The molecule has 3 heteroatoms. The molecular formula is C9H12FOP. The van der Waals surface area contributed by atoms with Crippen molar-refractivity contribution >= 4 is 12.4 Å². The Balaban J connectivity index is 3.20. The first-order valence-corrected chi connectivity index (χ1v) is 6.23. The molecule has 0 aliphatic carbocycles. The molecule has 12 heavy (non-hydrogen) atoms. The molecule has 0 heterocycles. The molecule has 0 bridgehead atoms. The maximum Gasteiger partial charge on any atom is 0.133 e. The van der Waals surface area contributed by atoms with Crippen LogP contribution in [-0.4, -0.2) is 12.8 Å². The molecule has 0 aliphatic rings. The van der Waals surface area contributed by atoms with Crippen molar-refractivity contribution in [3.63, 3.8) is 0 Å². The minimum absolute atomic E-state index is 0.356. The van der Waals surface area contributed by atoms with E-state index in [0.717, 1.165) is 0 Å². The van der Waals surface area contributed by atoms with E-state index in [1.807, 2.05) is 6.92 Å². The van der Waals surface area contributed by atoms with Gasteiger partial charge in [-0.3, -0.25) is 0 Å². The molecule has 1 unspecified atom stereocenters. The molecule has 1 aromatic carbocycles. The zero-order valence-corrected chi connectivity index (χ0v) is 8.14. The van der Waals surface area contributed by atoms with Crippen molar-refractivity contribution in [2.24, 2.45) is 0 Å². The van der Waals surface area contributed by atoms with E-state index in [0.29, 0.717) is 11.5 Å². The third-order valence-corrected chi connectivity index (χ3v) is 4.55. The van der Waals surface area contributed by atoms with Gasteiger partial charge in [0.05, 0.1) is 0 Å². The van der Waals surface area contributed by atoms with Crippen molar-refractivity contribution in [2.45, 2.75) is 6.92 Å². The lowest BCUT2D eigenvalue weighted by Gasteiger charge is -2.10. The van der Waals surface area contributed by atoms with Crippen molar-refractivity contribution < 1.29 is 8.96 Å². The van der Waals surface area contributed by atoms with Gasteiger partial charge in [0.15, 0.2) is 0 Å². The zero-order chi connectivity index (χ0) is 9.19. The van der Waals surface area contributed by atoms with Gasteiger partial charge in [-0.15, -0.1) is 0 Å². The van der Waals surface area contributed by atoms with E-state index in [2.05, 4.69) is 0 Å². The number of benzene rings is 1. The van der Waals surface area contributed by atoms with Crippen LogP contribution >= 0.6 is 7.14 Å². The van der Waals surface area contributed by atoms with Gasteiger partial charge in [0, 0.05) is 11.5 Å². The van der Waals surface area contributed by atoms with E-state index in [4.69, 9.17) is 0 Å². The van der Waals surface area contributed by atoms with E-state index < -0.39 is 7.14 Å². The fourth-order valence-electron chi connectivity index (χ4n) is 1.01. The van der Waals surface area contributed by atoms with E-state index in [1.165, 1.54) is 6.07 Å². The van der Waals surface area contributed by atoms with Gasteiger partial charge in [-0.1, -0.05) is 19.1 Å². The second-order valence-corrected chi connectivity index (χ2v) is 6.18. The van der Waals surface area contributed by atoms with Crippen LogP contribution in [0.5, 0.6) is 0 Å². The highest BCUT2D eigenvalue weighted by Gasteiger charge is 2.18. The lowest BCUT2D eigenvalue weighted by Crippen LogP contribution is -2.09. The Bertz CT molecular complexity index is 322. The summed E-state index contributed by atoms with van der Waals surface area (Å²) in [5, 5.41) is 0.368. The molecule has 0 amide bonds. The minimum atomic E-state index is -2.44. The number of halogens is 1. The van der Waals surface area contributed by atoms with Gasteiger partial charge in [0.25, 0.3) is 0 Å². The van der Waals surface area contributed by atoms with Crippen LogP contribution in [0.25, 0.3) is 0 Å². The summed E-state index contributed by atoms with van der Waals surface area (Å²) in [6, 6.07) is 6.26. The highest BCUT2D eigenvalue weighted by atomic mass is 31.2. The van der Waals surface area contributed by atoms with Crippen LogP contribution < -0.4 is 5.30 Å². The molecular weight excluding hydrogens is 174 g/mol. The molecule has 0 N–H and O–H groups in total. The lowest BCUT2D eigenvalue weighted by molar-refractivity contribution is 0.582. The molecule has 1 rings (SSSR count). The van der Waals surface area contributed by atoms with E-state index >= 15 is 0 Å². The van der Waals surface area contributed by atoms with E-state index in [9.17, 15) is 8.96 Å². The first-order valence-electron chi connectivity index (χ1n) is 3.89. The molecule has 66 valence electrons. The van der Waals surface area contributed by atoms with Crippen molar-refractivity contribution in [1.29, 1.82) is 0 Å². The lowest BCUT2D eigenvalue weighted by atomic mass is 10.3. The maximum absolute atomic E-state index is 13.1. The minimum Gasteiger partial charge on any atom is -0.319 e. The normalized spacial score (nSPS) is 15.6. The van der Waals surface area contributed by atoms with Crippen LogP contribution in [0.4, 0.5) is 4.39 Å². The second kappa shape index (κ2) is 3.40. The van der Waals surface area contributed by atoms with Crippen molar-refractivity contribution in [3.8, 4) is 0 Å². The summed E-state index contributed by atoms with van der Waals surface area (Å²) < 4.78 is 24.9. The van der Waals surface area contributed by atoms with Gasteiger partial charge in [0.1, 0.15) is 13.0 Å². The fraction of sp³-hybridized carbons (Fsp3) is 0.333. The quantitative estimate of drug-likeness (QED) is 0.648. The highest BCUT2D eigenvalue weighted by molar-refractivity contribution is 7.70. The Morgan fingerprint density at radius 3 is 2.50 bits per heavy atom. The molecule has 1 nitrogen and oxygen atoms in total. The van der Waals surface area contributed by atoms with Gasteiger partial charge >= 0.3 is 0 Å². The summed E-state index contributed by atoms with van der Waals surface area (Å²) in [6.45, 7) is 3.43. The van der Waals surface area contributed by atoms with Crippen molar-refractivity contribution in [1.82, 2.24) is 0 Å². The molecule has 0 saturated heterocycles. The molecule has 0 aromatic heterocycles. The third kappa shape index (κ3) is 1.75. The summed E-state index contributed by atoms with van der Waals surface area (Å²) >= 11 is 0. The van der Waals surface area contributed by atoms with Crippen molar-refractivity contribution in [3.05, 3.63) is 30.1 Å². The average molecular weight is 186 g/mol. The topological polar surface area (TPSA) is 17.1 Å². The first-order chi connectivity index (χ1) is 5.58. The zero-order valence-electron chi connectivity index (χ0n) is 7.25.